The number of rotatable bonds is 5. The van der Waals surface area contributed by atoms with Gasteiger partial charge in [-0.2, -0.15) is 0 Å². The number of benzene rings is 2. The number of amides is 3. The molecule has 2 aromatic carbocycles. The Balaban J connectivity index is 1.53. The van der Waals surface area contributed by atoms with E-state index in [1.165, 1.54) is 41.6 Å². The van der Waals surface area contributed by atoms with Gasteiger partial charge in [0.2, 0.25) is 0 Å². The number of anilines is 1. The molecule has 0 saturated carbocycles. The number of urea groups is 1. The molecule has 0 radical (unpaired) electrons. The summed E-state index contributed by atoms with van der Waals surface area (Å²) in [7, 11) is 0. The molecule has 0 unspecified atom stereocenters. The second kappa shape index (κ2) is 11.7. The number of nitrogens with one attached hydrogen (secondary N) is 2. The quantitative estimate of drug-likeness (QED) is 0.281. The highest BCUT2D eigenvalue weighted by atomic mass is 19.4. The van der Waals surface area contributed by atoms with Crippen LogP contribution in [0.2, 0.25) is 0 Å². The third kappa shape index (κ3) is 7.53. The van der Waals surface area contributed by atoms with Crippen molar-refractivity contribution < 1.29 is 37.8 Å². The SMILES string of the molecule is C[C@@H](O)[C@H](NC(=O)N1CCN(c2ccc(C#Cc3ccc(OC(F)(F)F)cc3)cc2)CC1)C(=O)NO. The molecule has 3 amide bonds. The molecule has 0 aromatic heterocycles. The van der Waals surface area contributed by atoms with E-state index in [1.54, 1.807) is 0 Å². The van der Waals surface area contributed by atoms with E-state index >= 15 is 0 Å². The summed E-state index contributed by atoms with van der Waals surface area (Å²) in [6.07, 6.45) is -5.93. The fraction of sp³-hybridized carbons (Fsp3) is 0.333. The maximum atomic E-state index is 12.4. The van der Waals surface area contributed by atoms with Crippen LogP contribution in [0, 0.1) is 11.8 Å². The van der Waals surface area contributed by atoms with Crippen molar-refractivity contribution in [3.05, 3.63) is 59.7 Å². The number of hydrogen-bond acceptors (Lipinski definition) is 6. The largest absolute Gasteiger partial charge is 0.573 e. The summed E-state index contributed by atoms with van der Waals surface area (Å²) < 4.78 is 40.6. The molecule has 2 atom stereocenters. The zero-order valence-corrected chi connectivity index (χ0v) is 19.2. The van der Waals surface area contributed by atoms with Gasteiger partial charge >= 0.3 is 12.4 Å². The molecule has 0 bridgehead atoms. The first-order valence-corrected chi connectivity index (χ1v) is 11.0. The summed E-state index contributed by atoms with van der Waals surface area (Å²) in [6.45, 7) is 3.17. The first-order valence-electron chi connectivity index (χ1n) is 11.0. The number of ether oxygens (including phenoxy) is 1. The van der Waals surface area contributed by atoms with Gasteiger partial charge in [-0.25, -0.2) is 10.3 Å². The molecule has 1 heterocycles. The van der Waals surface area contributed by atoms with Crippen molar-refractivity contribution in [3.63, 3.8) is 0 Å². The van der Waals surface area contributed by atoms with Gasteiger partial charge in [-0.3, -0.25) is 10.0 Å². The number of alkyl halides is 3. The Morgan fingerprint density at radius 2 is 1.50 bits per heavy atom. The summed E-state index contributed by atoms with van der Waals surface area (Å²) in [6, 6.07) is 10.9. The van der Waals surface area contributed by atoms with Crippen molar-refractivity contribution in [3.8, 4) is 17.6 Å². The van der Waals surface area contributed by atoms with Gasteiger partial charge in [0.05, 0.1) is 6.10 Å². The second-order valence-electron chi connectivity index (χ2n) is 7.99. The van der Waals surface area contributed by atoms with E-state index in [2.05, 4.69) is 26.8 Å². The Morgan fingerprint density at radius 3 is 1.97 bits per heavy atom. The standard InChI is InChI=1S/C24H25F3N4O5/c1-16(32)21(22(33)29-35)28-23(34)31-14-12-30(13-15-31)19-8-4-17(5-9-19)2-3-18-6-10-20(11-7-18)36-24(25,26)27/h4-11,16,21,32,35H,12-15H2,1H3,(H,28,34)(H,29,33)/t16-,21+/m1/s1. The Kier molecular flexibility index (Phi) is 8.63. The number of hydroxylamine groups is 1. The normalized spacial score (nSPS) is 15.3. The molecule has 192 valence electrons. The number of piperazine rings is 1. The minimum atomic E-state index is -4.74. The summed E-state index contributed by atoms with van der Waals surface area (Å²) >= 11 is 0. The Bertz CT molecular complexity index is 1100. The van der Waals surface area contributed by atoms with Crippen molar-refractivity contribution in [2.24, 2.45) is 0 Å². The van der Waals surface area contributed by atoms with Gasteiger partial charge in [-0.1, -0.05) is 11.8 Å². The van der Waals surface area contributed by atoms with Crippen molar-refractivity contribution in [1.82, 2.24) is 15.7 Å². The van der Waals surface area contributed by atoms with Crippen molar-refractivity contribution in [1.29, 1.82) is 0 Å². The van der Waals surface area contributed by atoms with E-state index in [-0.39, 0.29) is 5.75 Å². The van der Waals surface area contributed by atoms with Crippen LogP contribution in [0.3, 0.4) is 0 Å². The monoisotopic (exact) mass is 506 g/mol. The molecule has 1 fully saturated rings. The molecule has 3 rings (SSSR count). The van der Waals surface area contributed by atoms with Gasteiger partial charge in [0, 0.05) is 43.0 Å². The highest BCUT2D eigenvalue weighted by Crippen LogP contribution is 2.22. The number of hydrogen-bond donors (Lipinski definition) is 4. The Hall–Kier alpha value is -3.95. The Morgan fingerprint density at radius 1 is 0.972 bits per heavy atom. The molecular formula is C24H25F3N4O5. The molecule has 12 heteroatoms. The average molecular weight is 506 g/mol. The van der Waals surface area contributed by atoms with Crippen LogP contribution < -0.4 is 20.4 Å². The van der Waals surface area contributed by atoms with E-state index in [1.807, 2.05) is 24.3 Å². The number of carbonyl (C=O) groups is 2. The number of halogens is 3. The zero-order chi connectivity index (χ0) is 26.3. The minimum Gasteiger partial charge on any atom is -0.406 e. The predicted octanol–water partition coefficient (Wildman–Crippen LogP) is 2.07. The van der Waals surface area contributed by atoms with E-state index in [0.29, 0.717) is 31.7 Å². The lowest BCUT2D eigenvalue weighted by Crippen LogP contribution is -2.58. The fourth-order valence-electron chi connectivity index (χ4n) is 3.51. The molecule has 9 nitrogen and oxygen atoms in total. The number of nitrogens with zero attached hydrogens (tertiary/aromatic N) is 2. The van der Waals surface area contributed by atoms with Gasteiger partial charge in [0.15, 0.2) is 0 Å². The summed E-state index contributed by atoms with van der Waals surface area (Å²) in [5.41, 5.74) is 3.61. The molecule has 2 aromatic rings. The number of aliphatic hydroxyl groups is 1. The average Bonchev–Trinajstić information content (AvgIpc) is 2.85. The van der Waals surface area contributed by atoms with Crippen molar-refractivity contribution in [2.75, 3.05) is 31.1 Å². The minimum absolute atomic E-state index is 0.312. The van der Waals surface area contributed by atoms with E-state index in [4.69, 9.17) is 5.21 Å². The molecule has 1 aliphatic heterocycles. The smallest absolute Gasteiger partial charge is 0.406 e. The molecule has 0 spiro atoms. The highest BCUT2D eigenvalue weighted by Gasteiger charge is 2.31. The van der Waals surface area contributed by atoms with E-state index in [0.717, 1.165) is 11.3 Å². The van der Waals surface area contributed by atoms with Gasteiger partial charge in [0.25, 0.3) is 5.91 Å². The van der Waals surface area contributed by atoms with Crippen LogP contribution in [0.4, 0.5) is 23.7 Å². The van der Waals surface area contributed by atoms with Crippen LogP contribution in [-0.4, -0.2) is 71.8 Å². The first-order chi connectivity index (χ1) is 17.1. The molecule has 1 aliphatic rings. The fourth-order valence-corrected chi connectivity index (χ4v) is 3.51. The van der Waals surface area contributed by atoms with Gasteiger partial charge in [-0.05, 0) is 55.5 Å². The maximum absolute atomic E-state index is 12.4. The number of carbonyl (C=O) groups excluding carboxylic acids is 2. The maximum Gasteiger partial charge on any atom is 0.573 e. The van der Waals surface area contributed by atoms with Gasteiger partial charge < -0.3 is 25.0 Å². The van der Waals surface area contributed by atoms with Crippen LogP contribution in [0.1, 0.15) is 18.1 Å². The van der Waals surface area contributed by atoms with Crippen molar-refractivity contribution >= 4 is 17.6 Å². The molecule has 36 heavy (non-hydrogen) atoms. The number of aliphatic hydroxyl groups excluding tert-OH is 1. The third-order valence-electron chi connectivity index (χ3n) is 5.39. The van der Waals surface area contributed by atoms with Gasteiger partial charge in [0.1, 0.15) is 11.8 Å². The van der Waals surface area contributed by atoms with Crippen LogP contribution in [0.25, 0.3) is 0 Å². The van der Waals surface area contributed by atoms with Gasteiger partial charge in [-0.15, -0.1) is 13.2 Å². The van der Waals surface area contributed by atoms with E-state index in [9.17, 15) is 27.9 Å². The van der Waals surface area contributed by atoms with E-state index < -0.39 is 30.4 Å². The van der Waals surface area contributed by atoms with Crippen molar-refractivity contribution in [2.45, 2.75) is 25.4 Å². The molecule has 4 N–H and O–H groups in total. The van der Waals surface area contributed by atoms with Crippen LogP contribution in [-0.2, 0) is 4.79 Å². The highest BCUT2D eigenvalue weighted by molar-refractivity contribution is 5.87. The first kappa shape index (κ1) is 26.7. The molecule has 1 saturated heterocycles. The second-order valence-corrected chi connectivity index (χ2v) is 7.99. The summed E-state index contributed by atoms with van der Waals surface area (Å²) in [5, 5.41) is 20.8. The summed E-state index contributed by atoms with van der Waals surface area (Å²) in [5.74, 6) is 4.63. The lowest BCUT2D eigenvalue weighted by atomic mass is 10.1. The third-order valence-corrected chi connectivity index (χ3v) is 5.39. The van der Waals surface area contributed by atoms with Crippen LogP contribution in [0.5, 0.6) is 5.75 Å². The van der Waals surface area contributed by atoms with Crippen LogP contribution >= 0.6 is 0 Å². The Labute approximate surface area is 205 Å². The molecular weight excluding hydrogens is 481 g/mol. The predicted molar refractivity (Wildman–Crippen MR) is 123 cm³/mol. The van der Waals surface area contributed by atoms with Crippen LogP contribution in [0.15, 0.2) is 48.5 Å². The lowest BCUT2D eigenvalue weighted by molar-refractivity contribution is -0.274. The topological polar surface area (TPSA) is 114 Å². The lowest BCUT2D eigenvalue weighted by Gasteiger charge is -2.36. The molecule has 0 aliphatic carbocycles. The zero-order valence-electron chi connectivity index (χ0n) is 19.2. The summed E-state index contributed by atoms with van der Waals surface area (Å²) in [4.78, 5) is 27.6.